The number of benzene rings is 2. The summed E-state index contributed by atoms with van der Waals surface area (Å²) in [6.45, 7) is 7.63. The number of hydrogen-bond acceptors (Lipinski definition) is 2. The molecule has 0 spiro atoms. The van der Waals surface area contributed by atoms with Crippen LogP contribution in [0.25, 0.3) is 0 Å². The molecule has 0 aliphatic rings. The Labute approximate surface area is 133 Å². The molecule has 112 valence electrons. The Bertz CT molecular complexity index is 530. The predicted molar refractivity (Wildman–Crippen MR) is 93.9 cm³/mol. The number of rotatable bonds is 7. The highest BCUT2D eigenvalue weighted by atomic mass is 32.2. The van der Waals surface area contributed by atoms with Crippen LogP contribution in [0.15, 0.2) is 53.4 Å². The highest BCUT2D eigenvalue weighted by Crippen LogP contribution is 2.24. The lowest BCUT2D eigenvalue weighted by Crippen LogP contribution is -2.19. The summed E-state index contributed by atoms with van der Waals surface area (Å²) >= 11 is 1.90. The highest BCUT2D eigenvalue weighted by molar-refractivity contribution is 7.98. The molecule has 0 heterocycles. The van der Waals surface area contributed by atoms with Crippen molar-refractivity contribution in [2.24, 2.45) is 0 Å². The van der Waals surface area contributed by atoms with E-state index in [9.17, 15) is 0 Å². The lowest BCUT2D eigenvalue weighted by Gasteiger charge is -2.14. The molecule has 0 saturated carbocycles. The van der Waals surface area contributed by atoms with Gasteiger partial charge in [0.2, 0.25) is 0 Å². The van der Waals surface area contributed by atoms with Gasteiger partial charge in [-0.05, 0) is 50.1 Å². The maximum absolute atomic E-state index is 3.52. The number of nitrogens with one attached hydrogen (secondary N) is 1. The van der Waals surface area contributed by atoms with Crippen LogP contribution < -0.4 is 5.32 Å². The molecule has 0 radical (unpaired) electrons. The van der Waals surface area contributed by atoms with Gasteiger partial charge in [0.05, 0.1) is 0 Å². The van der Waals surface area contributed by atoms with Gasteiger partial charge in [0.25, 0.3) is 0 Å². The minimum absolute atomic E-state index is 0.432. The summed E-state index contributed by atoms with van der Waals surface area (Å²) in [4.78, 5) is 1.34. The fourth-order valence-electron chi connectivity index (χ4n) is 2.18. The fourth-order valence-corrected chi connectivity index (χ4v) is 3.04. The van der Waals surface area contributed by atoms with E-state index in [2.05, 4.69) is 74.6 Å². The summed E-state index contributed by atoms with van der Waals surface area (Å²) in [6, 6.07) is 18.2. The Hall–Kier alpha value is -1.25. The maximum atomic E-state index is 3.52. The molecule has 2 rings (SSSR count). The Balaban J connectivity index is 1.88. The van der Waals surface area contributed by atoms with Crippen LogP contribution in [-0.2, 0) is 5.75 Å². The molecule has 0 amide bonds. The second-order valence-electron chi connectivity index (χ2n) is 5.52. The van der Waals surface area contributed by atoms with Crippen molar-refractivity contribution in [3.05, 3.63) is 65.2 Å². The lowest BCUT2D eigenvalue weighted by molar-refractivity contribution is 0.570. The van der Waals surface area contributed by atoms with Crippen LogP contribution in [0, 0.1) is 6.92 Å². The molecule has 0 saturated heterocycles. The summed E-state index contributed by atoms with van der Waals surface area (Å²) in [5.74, 6) is 1.03. The van der Waals surface area contributed by atoms with Crippen molar-refractivity contribution in [2.75, 3.05) is 6.54 Å². The topological polar surface area (TPSA) is 12.0 Å². The Morgan fingerprint density at radius 1 is 1.00 bits per heavy atom. The van der Waals surface area contributed by atoms with Gasteiger partial charge in [-0.25, -0.2) is 0 Å². The summed E-state index contributed by atoms with van der Waals surface area (Å²) in [5.41, 5.74) is 4.07. The average molecular weight is 299 g/mol. The minimum Gasteiger partial charge on any atom is -0.310 e. The third-order valence-electron chi connectivity index (χ3n) is 3.61. The molecule has 2 heteroatoms. The largest absolute Gasteiger partial charge is 0.310 e. The third kappa shape index (κ3) is 5.22. The van der Waals surface area contributed by atoms with Crippen molar-refractivity contribution >= 4 is 11.8 Å². The van der Waals surface area contributed by atoms with Gasteiger partial charge < -0.3 is 5.32 Å². The molecule has 2 aromatic carbocycles. The first-order valence-corrected chi connectivity index (χ1v) is 8.69. The maximum Gasteiger partial charge on any atom is 0.0291 e. The van der Waals surface area contributed by atoms with E-state index in [0.717, 1.165) is 12.3 Å². The van der Waals surface area contributed by atoms with E-state index < -0.39 is 0 Å². The van der Waals surface area contributed by atoms with Gasteiger partial charge in [0.1, 0.15) is 0 Å². The van der Waals surface area contributed by atoms with Crippen LogP contribution in [-0.4, -0.2) is 6.54 Å². The van der Waals surface area contributed by atoms with Crippen molar-refractivity contribution in [1.29, 1.82) is 0 Å². The number of hydrogen-bond donors (Lipinski definition) is 1. The van der Waals surface area contributed by atoms with E-state index in [1.165, 1.54) is 28.0 Å². The molecule has 1 unspecified atom stereocenters. The van der Waals surface area contributed by atoms with Gasteiger partial charge in [-0.2, -0.15) is 0 Å². The Morgan fingerprint density at radius 3 is 2.29 bits per heavy atom. The van der Waals surface area contributed by atoms with Crippen LogP contribution >= 0.6 is 11.8 Å². The molecule has 0 aliphatic heterocycles. The van der Waals surface area contributed by atoms with Crippen molar-refractivity contribution in [1.82, 2.24) is 5.32 Å². The highest BCUT2D eigenvalue weighted by Gasteiger charge is 2.04. The van der Waals surface area contributed by atoms with E-state index in [0.29, 0.717) is 6.04 Å². The molecular weight excluding hydrogens is 274 g/mol. The van der Waals surface area contributed by atoms with Gasteiger partial charge in [0, 0.05) is 16.7 Å². The molecule has 1 atom stereocenters. The smallest absolute Gasteiger partial charge is 0.0291 e. The van der Waals surface area contributed by atoms with Gasteiger partial charge in [-0.15, -0.1) is 11.8 Å². The van der Waals surface area contributed by atoms with Crippen molar-refractivity contribution in [3.63, 3.8) is 0 Å². The minimum atomic E-state index is 0.432. The molecule has 1 N–H and O–H groups in total. The molecule has 0 aromatic heterocycles. The predicted octanol–water partition coefficient (Wildman–Crippen LogP) is 5.35. The van der Waals surface area contributed by atoms with E-state index >= 15 is 0 Å². The molecule has 1 nitrogen and oxygen atoms in total. The fraction of sp³-hybridized carbons (Fsp3) is 0.368. The van der Waals surface area contributed by atoms with E-state index in [-0.39, 0.29) is 0 Å². The first-order chi connectivity index (χ1) is 10.2. The molecule has 0 aliphatic carbocycles. The van der Waals surface area contributed by atoms with E-state index in [1.807, 2.05) is 11.8 Å². The second kappa shape index (κ2) is 8.26. The zero-order chi connectivity index (χ0) is 15.1. The van der Waals surface area contributed by atoms with Gasteiger partial charge in [0.15, 0.2) is 0 Å². The monoisotopic (exact) mass is 299 g/mol. The van der Waals surface area contributed by atoms with Crippen LogP contribution in [0.3, 0.4) is 0 Å². The standard InChI is InChI=1S/C19H25NS/c1-4-13-20-16(3)18-9-11-19(12-10-18)21-14-17-7-5-15(2)6-8-17/h5-12,16,20H,4,13-14H2,1-3H3. The van der Waals surface area contributed by atoms with Crippen molar-refractivity contribution in [3.8, 4) is 0 Å². The molecule has 2 aromatic rings. The SMILES string of the molecule is CCCNC(C)c1ccc(SCc2ccc(C)cc2)cc1. The van der Waals surface area contributed by atoms with E-state index in [4.69, 9.17) is 0 Å². The van der Waals surface area contributed by atoms with Gasteiger partial charge >= 0.3 is 0 Å². The second-order valence-corrected chi connectivity index (χ2v) is 6.57. The molecule has 0 fully saturated rings. The summed E-state index contributed by atoms with van der Waals surface area (Å²) in [7, 11) is 0. The Morgan fingerprint density at radius 2 is 1.67 bits per heavy atom. The van der Waals surface area contributed by atoms with E-state index in [1.54, 1.807) is 0 Å². The van der Waals surface area contributed by atoms with Crippen LogP contribution in [0.4, 0.5) is 0 Å². The number of aryl methyl sites for hydroxylation is 1. The number of thioether (sulfide) groups is 1. The summed E-state index contributed by atoms with van der Waals surface area (Å²) < 4.78 is 0. The van der Waals surface area contributed by atoms with Crippen LogP contribution in [0.1, 0.15) is 43.0 Å². The molecule has 0 bridgehead atoms. The quantitative estimate of drug-likeness (QED) is 0.692. The zero-order valence-corrected chi connectivity index (χ0v) is 14.0. The van der Waals surface area contributed by atoms with Crippen LogP contribution in [0.2, 0.25) is 0 Å². The summed E-state index contributed by atoms with van der Waals surface area (Å²) in [5, 5.41) is 3.52. The van der Waals surface area contributed by atoms with Crippen molar-refractivity contribution in [2.45, 2.75) is 43.9 Å². The third-order valence-corrected chi connectivity index (χ3v) is 4.69. The molecular formula is C19H25NS. The lowest BCUT2D eigenvalue weighted by atomic mass is 10.1. The van der Waals surface area contributed by atoms with Gasteiger partial charge in [-0.3, -0.25) is 0 Å². The zero-order valence-electron chi connectivity index (χ0n) is 13.2. The van der Waals surface area contributed by atoms with Crippen LogP contribution in [0.5, 0.6) is 0 Å². The normalized spacial score (nSPS) is 12.3. The average Bonchev–Trinajstić information content (AvgIpc) is 2.52. The van der Waals surface area contributed by atoms with Crippen molar-refractivity contribution < 1.29 is 0 Å². The molecule has 21 heavy (non-hydrogen) atoms. The first-order valence-electron chi connectivity index (χ1n) is 7.70. The van der Waals surface area contributed by atoms with Gasteiger partial charge in [-0.1, -0.05) is 48.9 Å². The Kier molecular flexibility index (Phi) is 6.34. The summed E-state index contributed by atoms with van der Waals surface area (Å²) in [6.07, 6.45) is 1.18. The first kappa shape index (κ1) is 16.1.